The van der Waals surface area contributed by atoms with Gasteiger partial charge in [-0.2, -0.15) is 5.10 Å². The molecule has 0 radical (unpaired) electrons. The standard InChI is InChI=1S/C10H15N3O3S/c1-12-6-8(5-11-12)10(14)13(2)9-3-4-17(15,16)7-9/h5-6,9H,3-4,7H2,1-2H3/t9-/m1/s1. The first-order chi connectivity index (χ1) is 7.89. The highest BCUT2D eigenvalue weighted by Gasteiger charge is 2.33. The van der Waals surface area contributed by atoms with E-state index in [-0.39, 0.29) is 23.5 Å². The Kier molecular flexibility index (Phi) is 2.94. The number of hydrogen-bond donors (Lipinski definition) is 0. The van der Waals surface area contributed by atoms with Crippen molar-refractivity contribution in [1.82, 2.24) is 14.7 Å². The van der Waals surface area contributed by atoms with Crippen molar-refractivity contribution in [1.29, 1.82) is 0 Å². The van der Waals surface area contributed by atoms with Crippen LogP contribution in [0.15, 0.2) is 12.4 Å². The average Bonchev–Trinajstić information content (AvgIpc) is 2.82. The number of amides is 1. The van der Waals surface area contributed by atoms with Gasteiger partial charge in [0.1, 0.15) is 0 Å². The Labute approximate surface area is 100 Å². The van der Waals surface area contributed by atoms with Crippen LogP contribution in [0.2, 0.25) is 0 Å². The van der Waals surface area contributed by atoms with Crippen molar-refractivity contribution < 1.29 is 13.2 Å². The number of carbonyl (C=O) groups excluding carboxylic acids is 1. The minimum atomic E-state index is -2.97. The first kappa shape index (κ1) is 12.1. The van der Waals surface area contributed by atoms with E-state index in [9.17, 15) is 13.2 Å². The van der Waals surface area contributed by atoms with E-state index in [1.807, 2.05) is 0 Å². The van der Waals surface area contributed by atoms with Gasteiger partial charge in [0, 0.05) is 26.3 Å². The predicted octanol–water partition coefficient (Wildman–Crippen LogP) is -0.321. The maximum absolute atomic E-state index is 12.0. The normalized spacial score (nSPS) is 22.6. The zero-order chi connectivity index (χ0) is 12.6. The fraction of sp³-hybridized carbons (Fsp3) is 0.600. The molecular formula is C10H15N3O3S. The number of sulfone groups is 1. The molecule has 1 aromatic rings. The molecule has 0 saturated carbocycles. The summed E-state index contributed by atoms with van der Waals surface area (Å²) in [5.41, 5.74) is 0.485. The van der Waals surface area contributed by atoms with E-state index in [2.05, 4.69) is 5.10 Å². The summed E-state index contributed by atoms with van der Waals surface area (Å²) in [6.07, 6.45) is 3.63. The van der Waals surface area contributed by atoms with E-state index in [0.717, 1.165) is 0 Å². The van der Waals surface area contributed by atoms with Crippen LogP contribution in [0.1, 0.15) is 16.8 Å². The van der Waals surface area contributed by atoms with Crippen LogP contribution in [0.4, 0.5) is 0 Å². The molecule has 1 amide bonds. The van der Waals surface area contributed by atoms with E-state index in [1.165, 1.54) is 11.1 Å². The lowest BCUT2D eigenvalue weighted by atomic mass is 10.2. The van der Waals surface area contributed by atoms with Gasteiger partial charge in [-0.25, -0.2) is 8.42 Å². The number of aryl methyl sites for hydroxylation is 1. The average molecular weight is 257 g/mol. The van der Waals surface area contributed by atoms with Crippen molar-refractivity contribution in [3.05, 3.63) is 18.0 Å². The Hall–Kier alpha value is -1.37. The molecule has 1 fully saturated rings. The largest absolute Gasteiger partial charge is 0.338 e. The lowest BCUT2D eigenvalue weighted by Gasteiger charge is -2.22. The third-order valence-corrected chi connectivity index (χ3v) is 4.78. The zero-order valence-electron chi connectivity index (χ0n) is 9.83. The summed E-state index contributed by atoms with van der Waals surface area (Å²) in [6.45, 7) is 0. The van der Waals surface area contributed by atoms with Crippen molar-refractivity contribution in [2.24, 2.45) is 7.05 Å². The number of hydrogen-bond acceptors (Lipinski definition) is 4. The molecule has 0 N–H and O–H groups in total. The molecule has 94 valence electrons. The maximum atomic E-state index is 12.0. The minimum absolute atomic E-state index is 0.0650. The summed E-state index contributed by atoms with van der Waals surface area (Å²) in [4.78, 5) is 13.5. The Morgan fingerprint density at radius 3 is 2.76 bits per heavy atom. The third-order valence-electron chi connectivity index (χ3n) is 3.03. The molecule has 0 unspecified atom stereocenters. The number of carbonyl (C=O) groups is 1. The van der Waals surface area contributed by atoms with Gasteiger partial charge >= 0.3 is 0 Å². The highest BCUT2D eigenvalue weighted by molar-refractivity contribution is 7.91. The first-order valence-corrected chi connectivity index (χ1v) is 7.17. The van der Waals surface area contributed by atoms with Crippen molar-refractivity contribution in [2.75, 3.05) is 18.6 Å². The predicted molar refractivity (Wildman–Crippen MR) is 62.4 cm³/mol. The second kappa shape index (κ2) is 4.14. The SMILES string of the molecule is CN(C(=O)c1cnn(C)c1)[C@@H]1CCS(=O)(=O)C1. The van der Waals surface area contributed by atoms with E-state index >= 15 is 0 Å². The van der Waals surface area contributed by atoms with Gasteiger partial charge in [-0.15, -0.1) is 0 Å². The number of nitrogens with zero attached hydrogens (tertiary/aromatic N) is 3. The zero-order valence-corrected chi connectivity index (χ0v) is 10.6. The molecule has 0 spiro atoms. The fourth-order valence-corrected chi connectivity index (χ4v) is 3.76. The van der Waals surface area contributed by atoms with Crippen molar-refractivity contribution in [2.45, 2.75) is 12.5 Å². The molecule has 6 nitrogen and oxygen atoms in total. The van der Waals surface area contributed by atoms with Gasteiger partial charge in [0.25, 0.3) is 5.91 Å². The second-order valence-corrected chi connectivity index (χ2v) is 6.60. The summed E-state index contributed by atoms with van der Waals surface area (Å²) in [5.74, 6) is 0.0536. The van der Waals surface area contributed by atoms with Crippen LogP contribution in [0, 0.1) is 0 Å². The van der Waals surface area contributed by atoms with Crippen LogP contribution in [-0.2, 0) is 16.9 Å². The Morgan fingerprint density at radius 1 is 1.59 bits per heavy atom. The van der Waals surface area contributed by atoms with Gasteiger partial charge in [-0.1, -0.05) is 0 Å². The second-order valence-electron chi connectivity index (χ2n) is 4.38. The van der Waals surface area contributed by atoms with Gasteiger partial charge in [0.15, 0.2) is 9.84 Å². The molecule has 0 bridgehead atoms. The fourth-order valence-electron chi connectivity index (χ4n) is 1.98. The number of rotatable bonds is 2. The molecule has 1 aromatic heterocycles. The molecule has 7 heteroatoms. The van der Waals surface area contributed by atoms with E-state index < -0.39 is 9.84 Å². The van der Waals surface area contributed by atoms with E-state index in [1.54, 1.807) is 25.0 Å². The highest BCUT2D eigenvalue weighted by Crippen LogP contribution is 2.18. The topological polar surface area (TPSA) is 72.3 Å². The van der Waals surface area contributed by atoms with Gasteiger partial charge in [0.2, 0.25) is 0 Å². The van der Waals surface area contributed by atoms with Crippen LogP contribution in [-0.4, -0.2) is 53.6 Å². The number of aromatic nitrogens is 2. The molecule has 0 aromatic carbocycles. The van der Waals surface area contributed by atoms with Crippen LogP contribution in [0.5, 0.6) is 0 Å². The molecule has 1 aliphatic heterocycles. The van der Waals surface area contributed by atoms with E-state index in [0.29, 0.717) is 12.0 Å². The summed E-state index contributed by atoms with van der Waals surface area (Å²) >= 11 is 0. The Morgan fingerprint density at radius 2 is 2.29 bits per heavy atom. The lowest BCUT2D eigenvalue weighted by Crippen LogP contribution is -2.37. The molecular weight excluding hydrogens is 242 g/mol. The quantitative estimate of drug-likeness (QED) is 0.728. The summed E-state index contributed by atoms with van der Waals surface area (Å²) in [6, 6.07) is -0.215. The summed E-state index contributed by atoms with van der Waals surface area (Å²) in [5, 5.41) is 3.93. The molecule has 2 heterocycles. The van der Waals surface area contributed by atoms with Crippen molar-refractivity contribution in [3.8, 4) is 0 Å². The highest BCUT2D eigenvalue weighted by atomic mass is 32.2. The van der Waals surface area contributed by atoms with Crippen LogP contribution < -0.4 is 0 Å². The van der Waals surface area contributed by atoms with Gasteiger partial charge < -0.3 is 4.90 Å². The molecule has 17 heavy (non-hydrogen) atoms. The van der Waals surface area contributed by atoms with Gasteiger partial charge in [-0.3, -0.25) is 9.48 Å². The van der Waals surface area contributed by atoms with Crippen molar-refractivity contribution >= 4 is 15.7 Å². The smallest absolute Gasteiger partial charge is 0.257 e. The lowest BCUT2D eigenvalue weighted by molar-refractivity contribution is 0.0747. The van der Waals surface area contributed by atoms with Crippen LogP contribution in [0.3, 0.4) is 0 Å². The monoisotopic (exact) mass is 257 g/mol. The third kappa shape index (κ3) is 2.49. The van der Waals surface area contributed by atoms with Crippen LogP contribution >= 0.6 is 0 Å². The minimum Gasteiger partial charge on any atom is -0.338 e. The Balaban J connectivity index is 2.11. The van der Waals surface area contributed by atoms with Crippen molar-refractivity contribution in [3.63, 3.8) is 0 Å². The van der Waals surface area contributed by atoms with Gasteiger partial charge in [-0.05, 0) is 6.42 Å². The molecule has 1 aliphatic rings. The maximum Gasteiger partial charge on any atom is 0.257 e. The van der Waals surface area contributed by atoms with E-state index in [4.69, 9.17) is 0 Å². The molecule has 2 rings (SSSR count). The summed E-state index contributed by atoms with van der Waals surface area (Å²) in [7, 11) is 0.407. The van der Waals surface area contributed by atoms with Crippen LogP contribution in [0.25, 0.3) is 0 Å². The molecule has 0 aliphatic carbocycles. The van der Waals surface area contributed by atoms with Gasteiger partial charge in [0.05, 0.1) is 23.3 Å². The first-order valence-electron chi connectivity index (χ1n) is 5.35. The Bertz CT molecular complexity index is 535. The molecule has 1 atom stereocenters. The molecule has 1 saturated heterocycles. The summed E-state index contributed by atoms with van der Waals surface area (Å²) < 4.78 is 24.3.